The van der Waals surface area contributed by atoms with Crippen LogP contribution >= 0.6 is 0 Å². The lowest BCUT2D eigenvalue weighted by Crippen LogP contribution is -2.49. The molecule has 1 fully saturated rings. The maximum absolute atomic E-state index is 13.4. The summed E-state index contributed by atoms with van der Waals surface area (Å²) in [6.45, 7) is 3.47. The molecule has 2 amide bonds. The topological polar surface area (TPSA) is 62.6 Å². The number of amides is 2. The number of carbonyl (C=O) groups excluding carboxylic acids is 2. The summed E-state index contributed by atoms with van der Waals surface area (Å²) < 4.78 is 18.9. The number of likely N-dealkylation sites (tertiary alicyclic amines) is 1. The molecule has 1 saturated heterocycles. The van der Waals surface area contributed by atoms with Crippen LogP contribution in [0, 0.1) is 18.2 Å². The van der Waals surface area contributed by atoms with Gasteiger partial charge in [-0.3, -0.25) is 4.79 Å². The number of nitrogens with one attached hydrogen (secondary N) is 1. The predicted octanol–water partition coefficient (Wildman–Crippen LogP) is 3.85. The second kappa shape index (κ2) is 6.83. The fourth-order valence-corrected chi connectivity index (χ4v) is 4.26. The number of ketones is 1. The van der Waals surface area contributed by atoms with Crippen molar-refractivity contribution >= 4 is 11.8 Å². The highest BCUT2D eigenvalue weighted by Gasteiger charge is 2.41. The molecule has 2 heterocycles. The van der Waals surface area contributed by atoms with E-state index >= 15 is 0 Å². The van der Waals surface area contributed by atoms with Crippen LogP contribution in [-0.4, -0.2) is 29.8 Å². The summed E-state index contributed by atoms with van der Waals surface area (Å²) in [7, 11) is 0. The average Bonchev–Trinajstić information content (AvgIpc) is 3.06. The molecule has 1 aliphatic carbocycles. The van der Waals surface area contributed by atoms with Crippen LogP contribution in [0.1, 0.15) is 46.7 Å². The number of aryl methyl sites for hydroxylation is 1. The number of furan rings is 1. The number of benzene rings is 1. The number of hydrogen-bond acceptors (Lipinski definition) is 3. The molecule has 1 aromatic carbocycles. The normalized spacial score (nSPS) is 18.4. The first-order chi connectivity index (χ1) is 12.9. The summed E-state index contributed by atoms with van der Waals surface area (Å²) in [5.41, 5.74) is 1.34. The van der Waals surface area contributed by atoms with Crippen molar-refractivity contribution in [2.75, 3.05) is 13.1 Å². The highest BCUT2D eigenvalue weighted by Crippen LogP contribution is 2.43. The lowest BCUT2D eigenvalue weighted by Gasteiger charge is -2.44. The van der Waals surface area contributed by atoms with Crippen LogP contribution in [0.3, 0.4) is 0 Å². The van der Waals surface area contributed by atoms with Gasteiger partial charge in [0.2, 0.25) is 0 Å². The molecule has 4 rings (SSSR count). The summed E-state index contributed by atoms with van der Waals surface area (Å²) in [6.07, 6.45) is 2.77. The van der Waals surface area contributed by atoms with Crippen molar-refractivity contribution in [2.45, 2.75) is 39.2 Å². The molecule has 6 heteroatoms. The lowest BCUT2D eigenvalue weighted by molar-refractivity contribution is 0.0735. The van der Waals surface area contributed by atoms with Crippen molar-refractivity contribution in [1.82, 2.24) is 10.2 Å². The Balaban J connectivity index is 1.36. The van der Waals surface area contributed by atoms with Gasteiger partial charge in [0.25, 0.3) is 0 Å². The molecule has 1 aliphatic heterocycles. The standard InChI is InChI=1S/C21H23FN2O3/c1-14-2-5-17(27-14)13-23-20(26)24-8-6-21(7-9-24)11-15-3-4-16(22)10-18(15)19(25)12-21/h2-5,10H,6-9,11-13H2,1H3,(H,23,26). The molecular weight excluding hydrogens is 347 g/mol. The molecule has 1 spiro atoms. The number of fused-ring (bicyclic) bond motifs is 1. The van der Waals surface area contributed by atoms with E-state index in [0.29, 0.717) is 31.6 Å². The number of nitrogens with zero attached hydrogens (tertiary/aromatic N) is 1. The van der Waals surface area contributed by atoms with Crippen LogP contribution in [0.15, 0.2) is 34.7 Å². The van der Waals surface area contributed by atoms with Gasteiger partial charge in [0.1, 0.15) is 17.3 Å². The number of rotatable bonds is 2. The highest BCUT2D eigenvalue weighted by atomic mass is 19.1. The fourth-order valence-electron chi connectivity index (χ4n) is 4.26. The van der Waals surface area contributed by atoms with Crippen LogP contribution in [0.25, 0.3) is 0 Å². The Morgan fingerprint density at radius 1 is 1.22 bits per heavy atom. The highest BCUT2D eigenvalue weighted by molar-refractivity contribution is 5.99. The maximum Gasteiger partial charge on any atom is 0.317 e. The van der Waals surface area contributed by atoms with Crippen LogP contribution in [0.4, 0.5) is 9.18 Å². The van der Waals surface area contributed by atoms with Crippen molar-refractivity contribution < 1.29 is 18.4 Å². The summed E-state index contributed by atoms with van der Waals surface area (Å²) in [5, 5.41) is 2.89. The predicted molar refractivity (Wildman–Crippen MR) is 98.0 cm³/mol. The molecule has 2 aliphatic rings. The van der Waals surface area contributed by atoms with E-state index in [1.165, 1.54) is 12.1 Å². The second-order valence-electron chi connectivity index (χ2n) is 7.74. The van der Waals surface area contributed by atoms with Gasteiger partial charge in [0, 0.05) is 25.1 Å². The molecule has 0 saturated carbocycles. The summed E-state index contributed by atoms with van der Waals surface area (Å²) in [6, 6.07) is 8.12. The van der Waals surface area contributed by atoms with Gasteiger partial charge >= 0.3 is 6.03 Å². The number of carbonyl (C=O) groups is 2. The Morgan fingerprint density at radius 3 is 2.70 bits per heavy atom. The van der Waals surface area contributed by atoms with E-state index in [4.69, 9.17) is 4.42 Å². The van der Waals surface area contributed by atoms with Gasteiger partial charge in [-0.15, -0.1) is 0 Å². The average molecular weight is 370 g/mol. The third-order valence-electron chi connectivity index (χ3n) is 5.79. The third-order valence-corrected chi connectivity index (χ3v) is 5.79. The van der Waals surface area contributed by atoms with Gasteiger partial charge in [-0.25, -0.2) is 9.18 Å². The number of hydrogen-bond donors (Lipinski definition) is 1. The Bertz CT molecular complexity index is 881. The molecule has 1 aromatic heterocycles. The third kappa shape index (κ3) is 3.61. The van der Waals surface area contributed by atoms with E-state index < -0.39 is 0 Å². The zero-order valence-electron chi connectivity index (χ0n) is 15.4. The smallest absolute Gasteiger partial charge is 0.317 e. The second-order valence-corrected chi connectivity index (χ2v) is 7.74. The minimum Gasteiger partial charge on any atom is -0.465 e. The van der Waals surface area contributed by atoms with E-state index in [1.807, 2.05) is 19.1 Å². The van der Waals surface area contributed by atoms with Gasteiger partial charge in [-0.05, 0) is 61.4 Å². The molecule has 2 aromatic rings. The Kier molecular flexibility index (Phi) is 4.50. The van der Waals surface area contributed by atoms with E-state index in [-0.39, 0.29) is 23.0 Å². The molecular formula is C21H23FN2O3. The van der Waals surface area contributed by atoms with Gasteiger partial charge in [0.15, 0.2) is 5.78 Å². The van der Waals surface area contributed by atoms with Crippen LogP contribution in [-0.2, 0) is 13.0 Å². The molecule has 0 bridgehead atoms. The van der Waals surface area contributed by atoms with Gasteiger partial charge < -0.3 is 14.6 Å². The van der Waals surface area contributed by atoms with E-state index in [2.05, 4.69) is 5.32 Å². The van der Waals surface area contributed by atoms with Crippen molar-refractivity contribution in [3.05, 3.63) is 58.8 Å². The molecule has 0 atom stereocenters. The Morgan fingerprint density at radius 2 is 2.00 bits per heavy atom. The first-order valence-corrected chi connectivity index (χ1v) is 9.34. The quantitative estimate of drug-likeness (QED) is 0.873. The molecule has 0 unspecified atom stereocenters. The van der Waals surface area contributed by atoms with Crippen LogP contribution in [0.5, 0.6) is 0 Å². The number of urea groups is 1. The minimum absolute atomic E-state index is 0.0156. The SMILES string of the molecule is Cc1ccc(CNC(=O)N2CCC3(CC2)CC(=O)c2cc(F)ccc2C3)o1. The molecule has 1 N–H and O–H groups in total. The van der Waals surface area contributed by atoms with Gasteiger partial charge in [-0.2, -0.15) is 0 Å². The summed E-state index contributed by atoms with van der Waals surface area (Å²) >= 11 is 0. The molecule has 5 nitrogen and oxygen atoms in total. The largest absolute Gasteiger partial charge is 0.465 e. The van der Waals surface area contributed by atoms with Crippen molar-refractivity contribution in [1.29, 1.82) is 0 Å². The number of Topliss-reactive ketones (excluding diaryl/α,β-unsaturated/α-hetero) is 1. The zero-order valence-corrected chi connectivity index (χ0v) is 15.4. The molecule has 27 heavy (non-hydrogen) atoms. The Hall–Kier alpha value is -2.63. The number of halogens is 1. The fraction of sp³-hybridized carbons (Fsp3) is 0.429. The summed E-state index contributed by atoms with van der Waals surface area (Å²) in [5.74, 6) is 1.20. The first kappa shape index (κ1) is 17.8. The molecule has 142 valence electrons. The van der Waals surface area contributed by atoms with Crippen molar-refractivity contribution in [3.63, 3.8) is 0 Å². The number of piperidine rings is 1. The zero-order chi connectivity index (χ0) is 19.0. The minimum atomic E-state index is -0.365. The van der Waals surface area contributed by atoms with Crippen molar-refractivity contribution in [3.8, 4) is 0 Å². The van der Waals surface area contributed by atoms with Gasteiger partial charge in [0.05, 0.1) is 6.54 Å². The van der Waals surface area contributed by atoms with Crippen molar-refractivity contribution in [2.24, 2.45) is 5.41 Å². The first-order valence-electron chi connectivity index (χ1n) is 9.34. The van der Waals surface area contributed by atoms with E-state index in [0.717, 1.165) is 36.3 Å². The van der Waals surface area contributed by atoms with Gasteiger partial charge in [-0.1, -0.05) is 6.07 Å². The Labute approximate surface area is 157 Å². The summed E-state index contributed by atoms with van der Waals surface area (Å²) in [4.78, 5) is 26.7. The molecule has 0 radical (unpaired) electrons. The van der Waals surface area contributed by atoms with E-state index in [9.17, 15) is 14.0 Å². The van der Waals surface area contributed by atoms with E-state index in [1.54, 1.807) is 11.0 Å². The van der Waals surface area contributed by atoms with Crippen LogP contribution < -0.4 is 5.32 Å². The monoisotopic (exact) mass is 370 g/mol. The lowest BCUT2D eigenvalue weighted by atomic mass is 9.66. The van der Waals surface area contributed by atoms with Crippen LogP contribution in [0.2, 0.25) is 0 Å². The maximum atomic E-state index is 13.4.